The van der Waals surface area contributed by atoms with E-state index in [9.17, 15) is 22.0 Å². The van der Waals surface area contributed by atoms with Crippen molar-refractivity contribution in [2.45, 2.75) is 87.2 Å². The van der Waals surface area contributed by atoms with Crippen molar-refractivity contribution in [3.8, 4) is 0 Å². The number of pyridine rings is 3. The summed E-state index contributed by atoms with van der Waals surface area (Å²) in [6.45, 7) is 4.79. The number of aromatic nitrogens is 3. The number of sulfonamides is 1. The van der Waals surface area contributed by atoms with Gasteiger partial charge in [-0.15, -0.1) is 0 Å². The summed E-state index contributed by atoms with van der Waals surface area (Å²) in [7, 11) is -4.34. The van der Waals surface area contributed by atoms with Crippen LogP contribution in [-0.4, -0.2) is 47.3 Å². The van der Waals surface area contributed by atoms with Gasteiger partial charge in [-0.1, -0.05) is 12.1 Å². The highest BCUT2D eigenvalue weighted by molar-refractivity contribution is 7.90. The van der Waals surface area contributed by atoms with Crippen molar-refractivity contribution in [1.29, 1.82) is 0 Å². The Hall–Kier alpha value is -3.67. The van der Waals surface area contributed by atoms with E-state index in [1.165, 1.54) is 6.07 Å². The van der Waals surface area contributed by atoms with E-state index in [4.69, 9.17) is 4.98 Å². The summed E-state index contributed by atoms with van der Waals surface area (Å²) < 4.78 is 56.8. The first-order chi connectivity index (χ1) is 20.4. The monoisotopic (exact) mass is 610 g/mol. The van der Waals surface area contributed by atoms with E-state index in [0.717, 1.165) is 25.0 Å². The van der Waals surface area contributed by atoms with Crippen LogP contribution < -0.4 is 14.9 Å². The van der Waals surface area contributed by atoms with Gasteiger partial charge in [0.1, 0.15) is 11.6 Å². The molecule has 2 N–H and O–H groups in total. The van der Waals surface area contributed by atoms with E-state index in [2.05, 4.69) is 38.8 Å². The van der Waals surface area contributed by atoms with Gasteiger partial charge in [-0.05, 0) is 88.3 Å². The number of carbonyl (C=O) groups is 1. The maximum absolute atomic E-state index is 13.9. The average Bonchev–Trinajstić information content (AvgIpc) is 3.28. The minimum absolute atomic E-state index is 0.123. The summed E-state index contributed by atoms with van der Waals surface area (Å²) in [6.07, 6.45) is 4.31. The predicted octanol–water partition coefficient (Wildman–Crippen LogP) is 5.84. The molecule has 9 nitrogen and oxygen atoms in total. The molecule has 0 spiro atoms. The van der Waals surface area contributed by atoms with Gasteiger partial charge in [0.2, 0.25) is 5.92 Å². The van der Waals surface area contributed by atoms with Gasteiger partial charge >= 0.3 is 0 Å². The van der Waals surface area contributed by atoms with Crippen molar-refractivity contribution in [3.63, 3.8) is 0 Å². The third-order valence-corrected chi connectivity index (χ3v) is 10.2. The van der Waals surface area contributed by atoms with Crippen LogP contribution in [0.2, 0.25) is 0 Å². The minimum atomic E-state index is -4.34. The Bertz CT molecular complexity index is 1610. The van der Waals surface area contributed by atoms with Crippen molar-refractivity contribution in [1.82, 2.24) is 19.7 Å². The number of nitrogens with one attached hydrogen (secondary N) is 2. The Balaban J connectivity index is 1.42. The van der Waals surface area contributed by atoms with Crippen LogP contribution in [0.3, 0.4) is 0 Å². The highest BCUT2D eigenvalue weighted by Gasteiger charge is 2.42. The van der Waals surface area contributed by atoms with Gasteiger partial charge in [0.05, 0.1) is 17.3 Å². The standard InChI is InChI=1S/C31H36F2N6O3S/c1-30(2)18-20-9-11-25(24-6-3-4-17-34-24)35-26-7-5-8-27(37-26)43(41,42)38-29(40)22-10-12-23(36-28(22)39(30)19-20)21-13-15-31(32,33)16-14-21/h3-8,10,12,17,20-21,25H,9,11,13-16,18-19H2,1-2H3,(H,35,37)(H,38,40)/t20-,25+/m0/s1. The summed E-state index contributed by atoms with van der Waals surface area (Å²) in [5.41, 5.74) is 1.20. The molecular formula is C31H36F2N6O3S. The van der Waals surface area contributed by atoms with Crippen molar-refractivity contribution in [2.24, 2.45) is 5.92 Å². The van der Waals surface area contributed by atoms with E-state index < -0.39 is 21.9 Å². The summed E-state index contributed by atoms with van der Waals surface area (Å²) in [4.78, 5) is 29.5. The van der Waals surface area contributed by atoms with Crippen molar-refractivity contribution < 1.29 is 22.0 Å². The molecule has 2 atom stereocenters. The third kappa shape index (κ3) is 6.20. The molecule has 2 aliphatic heterocycles. The number of amides is 1. The maximum atomic E-state index is 13.9. The van der Waals surface area contributed by atoms with E-state index in [1.54, 1.807) is 30.5 Å². The van der Waals surface area contributed by atoms with E-state index >= 15 is 0 Å². The predicted molar refractivity (Wildman–Crippen MR) is 159 cm³/mol. The summed E-state index contributed by atoms with van der Waals surface area (Å²) in [5.74, 6) is -2.65. The molecule has 43 heavy (non-hydrogen) atoms. The van der Waals surface area contributed by atoms with Crippen LogP contribution >= 0.6 is 0 Å². The van der Waals surface area contributed by atoms with Crippen molar-refractivity contribution >= 4 is 27.6 Å². The third-order valence-electron chi connectivity index (χ3n) is 8.95. The molecule has 12 heteroatoms. The van der Waals surface area contributed by atoms with E-state index in [0.29, 0.717) is 36.7 Å². The Morgan fingerprint density at radius 1 is 0.930 bits per heavy atom. The molecule has 1 aliphatic carbocycles. The number of rotatable bonds is 2. The lowest BCUT2D eigenvalue weighted by Gasteiger charge is -2.35. The molecule has 3 aliphatic rings. The smallest absolute Gasteiger partial charge is 0.281 e. The zero-order valence-electron chi connectivity index (χ0n) is 24.3. The average molecular weight is 611 g/mol. The number of fused-ring (bicyclic) bond motifs is 6. The number of anilines is 2. The van der Waals surface area contributed by atoms with Crippen molar-refractivity contribution in [2.75, 3.05) is 16.8 Å². The second kappa shape index (κ2) is 11.1. The fourth-order valence-corrected chi connectivity index (χ4v) is 7.63. The normalized spacial score (nSPS) is 25.0. The largest absolute Gasteiger partial charge is 0.362 e. The topological polar surface area (TPSA) is 117 Å². The highest BCUT2D eigenvalue weighted by atomic mass is 32.2. The SMILES string of the molecule is CC1(C)C[C@@H]2CC[C@H](c3ccccn3)Nc3cccc(n3)S(=O)(=O)NC(=O)c3ccc(C4CCC(F)(F)CC4)nc3N1C2. The molecule has 228 valence electrons. The molecule has 3 aromatic heterocycles. The molecule has 4 bridgehead atoms. The van der Waals surface area contributed by atoms with Crippen LogP contribution in [0.5, 0.6) is 0 Å². The Morgan fingerprint density at radius 3 is 2.47 bits per heavy atom. The number of halogens is 2. The van der Waals surface area contributed by atoms with Crippen LogP contribution in [0, 0.1) is 5.92 Å². The number of alkyl halides is 2. The summed E-state index contributed by atoms with van der Waals surface area (Å²) in [5, 5.41) is 3.07. The molecule has 0 aromatic carbocycles. The van der Waals surface area contributed by atoms with Crippen LogP contribution in [0.25, 0.3) is 0 Å². The van der Waals surface area contributed by atoms with Gasteiger partial charge in [0, 0.05) is 42.7 Å². The van der Waals surface area contributed by atoms with Gasteiger partial charge in [0.15, 0.2) is 5.03 Å². The molecule has 1 amide bonds. The number of carbonyl (C=O) groups excluding carboxylic acids is 1. The Morgan fingerprint density at radius 2 is 1.72 bits per heavy atom. The number of hydrogen-bond donors (Lipinski definition) is 2. The zero-order valence-corrected chi connectivity index (χ0v) is 25.1. The first-order valence-electron chi connectivity index (χ1n) is 14.8. The molecule has 0 radical (unpaired) electrons. The highest BCUT2D eigenvalue weighted by Crippen LogP contribution is 2.43. The number of hydrogen-bond acceptors (Lipinski definition) is 8. The first-order valence-corrected chi connectivity index (χ1v) is 16.3. The fourth-order valence-electron chi connectivity index (χ4n) is 6.69. The minimum Gasteiger partial charge on any atom is -0.362 e. The lowest BCUT2D eigenvalue weighted by Crippen LogP contribution is -2.41. The maximum Gasteiger partial charge on any atom is 0.281 e. The van der Waals surface area contributed by atoms with Gasteiger partial charge in [0.25, 0.3) is 15.9 Å². The second-order valence-corrected chi connectivity index (χ2v) is 14.2. The van der Waals surface area contributed by atoms with E-state index in [1.807, 2.05) is 18.2 Å². The molecule has 1 saturated heterocycles. The lowest BCUT2D eigenvalue weighted by atomic mass is 9.84. The molecule has 3 aromatic rings. The van der Waals surface area contributed by atoms with Gasteiger partial charge in [-0.25, -0.2) is 23.5 Å². The molecular weight excluding hydrogens is 574 g/mol. The Labute approximate surface area is 250 Å². The Kier molecular flexibility index (Phi) is 7.60. The van der Waals surface area contributed by atoms with Crippen LogP contribution in [0.1, 0.15) is 92.5 Å². The molecule has 0 unspecified atom stereocenters. The zero-order chi connectivity index (χ0) is 30.4. The van der Waals surface area contributed by atoms with Gasteiger partial charge in [-0.2, -0.15) is 8.42 Å². The van der Waals surface area contributed by atoms with Gasteiger partial charge in [-0.3, -0.25) is 9.78 Å². The summed E-state index contributed by atoms with van der Waals surface area (Å²) >= 11 is 0. The van der Waals surface area contributed by atoms with E-state index in [-0.39, 0.29) is 46.8 Å². The van der Waals surface area contributed by atoms with Gasteiger partial charge < -0.3 is 10.2 Å². The molecule has 1 saturated carbocycles. The van der Waals surface area contributed by atoms with Crippen LogP contribution in [-0.2, 0) is 10.0 Å². The molecule has 5 heterocycles. The molecule has 6 rings (SSSR count). The fraction of sp³-hybridized carbons (Fsp3) is 0.484. The second-order valence-electron chi connectivity index (χ2n) is 12.6. The first kappa shape index (κ1) is 29.4. The lowest BCUT2D eigenvalue weighted by molar-refractivity contribution is -0.0384. The number of nitrogens with zero attached hydrogens (tertiary/aromatic N) is 4. The quantitative estimate of drug-likeness (QED) is 0.372. The van der Waals surface area contributed by atoms with Crippen LogP contribution in [0.4, 0.5) is 20.4 Å². The van der Waals surface area contributed by atoms with Crippen molar-refractivity contribution in [3.05, 3.63) is 71.7 Å². The summed E-state index contributed by atoms with van der Waals surface area (Å²) in [6, 6.07) is 13.3. The molecule has 2 fully saturated rings. The van der Waals surface area contributed by atoms with Crippen LogP contribution in [0.15, 0.2) is 59.8 Å².